The zero-order chi connectivity index (χ0) is 9.56. The second kappa shape index (κ2) is 5.89. The van der Waals surface area contributed by atoms with E-state index in [2.05, 4.69) is 13.1 Å². The fourth-order valence-corrected chi connectivity index (χ4v) is 1.68. The SMILES string of the molecule is C=C(C)C(=O)CCC(=O)C[SiH2]C. The number of Topliss-reactive ketones (excluding diaryl/α,β-unsaturated/α-hetero) is 2. The van der Waals surface area contributed by atoms with Crippen molar-refractivity contribution < 1.29 is 9.59 Å². The molecule has 0 fully saturated rings. The quantitative estimate of drug-likeness (QED) is 0.458. The molecule has 0 unspecified atom stereocenters. The van der Waals surface area contributed by atoms with Crippen molar-refractivity contribution >= 4 is 21.1 Å². The maximum Gasteiger partial charge on any atom is 0.158 e. The molecule has 0 saturated heterocycles. The van der Waals surface area contributed by atoms with Crippen LogP contribution in [0.3, 0.4) is 0 Å². The molecule has 0 aliphatic heterocycles. The van der Waals surface area contributed by atoms with E-state index < -0.39 is 0 Å². The Hall–Kier alpha value is -0.703. The second-order valence-corrected chi connectivity index (χ2v) is 4.49. The predicted octanol–water partition coefficient (Wildman–Crippen LogP) is 1.12. The Balaban J connectivity index is 3.61. The molecule has 0 aromatic carbocycles. The average Bonchev–Trinajstić information content (AvgIpc) is 2.00. The first-order chi connectivity index (χ1) is 5.57. The first kappa shape index (κ1) is 11.3. The van der Waals surface area contributed by atoms with E-state index in [1.54, 1.807) is 6.92 Å². The summed E-state index contributed by atoms with van der Waals surface area (Å²) in [7, 11) is -0.181. The minimum absolute atomic E-state index is 0.0149. The summed E-state index contributed by atoms with van der Waals surface area (Å²) in [5.74, 6) is 0.250. The molecule has 0 spiro atoms. The molecule has 0 atom stereocenters. The lowest BCUT2D eigenvalue weighted by Gasteiger charge is -1.97. The highest BCUT2D eigenvalue weighted by molar-refractivity contribution is 6.39. The Morgan fingerprint density at radius 2 is 1.92 bits per heavy atom. The van der Waals surface area contributed by atoms with Gasteiger partial charge in [-0.05, 0) is 18.5 Å². The van der Waals surface area contributed by atoms with Gasteiger partial charge in [-0.3, -0.25) is 4.79 Å². The lowest BCUT2D eigenvalue weighted by atomic mass is 10.1. The number of hydrogen-bond donors (Lipinski definition) is 0. The van der Waals surface area contributed by atoms with Gasteiger partial charge in [0.15, 0.2) is 5.78 Å². The summed E-state index contributed by atoms with van der Waals surface area (Å²) < 4.78 is 0. The number of rotatable bonds is 6. The van der Waals surface area contributed by atoms with Crippen LogP contribution in [0.1, 0.15) is 19.8 Å². The topological polar surface area (TPSA) is 34.1 Å². The van der Waals surface area contributed by atoms with Crippen LogP contribution in [0.5, 0.6) is 0 Å². The smallest absolute Gasteiger partial charge is 0.158 e. The monoisotopic (exact) mass is 184 g/mol. The molecule has 3 heteroatoms. The van der Waals surface area contributed by atoms with E-state index in [1.165, 1.54) is 0 Å². The molecule has 0 bridgehead atoms. The third kappa shape index (κ3) is 5.01. The highest BCUT2D eigenvalue weighted by Crippen LogP contribution is 2.01. The Labute approximate surface area is 75.9 Å². The van der Waals surface area contributed by atoms with Crippen LogP contribution >= 0.6 is 0 Å². The number of carbonyl (C=O) groups is 2. The van der Waals surface area contributed by atoms with Crippen LogP contribution in [0, 0.1) is 0 Å². The van der Waals surface area contributed by atoms with E-state index in [-0.39, 0.29) is 21.1 Å². The molecule has 0 radical (unpaired) electrons. The molecule has 12 heavy (non-hydrogen) atoms. The highest BCUT2D eigenvalue weighted by atomic mass is 28.2. The molecule has 0 amide bonds. The van der Waals surface area contributed by atoms with E-state index >= 15 is 0 Å². The van der Waals surface area contributed by atoms with Crippen LogP contribution in [0.2, 0.25) is 12.6 Å². The van der Waals surface area contributed by atoms with Gasteiger partial charge in [-0.2, -0.15) is 0 Å². The lowest BCUT2D eigenvalue weighted by molar-refractivity contribution is -0.121. The average molecular weight is 184 g/mol. The van der Waals surface area contributed by atoms with Gasteiger partial charge < -0.3 is 4.79 Å². The zero-order valence-corrected chi connectivity index (χ0v) is 9.27. The summed E-state index contributed by atoms with van der Waals surface area (Å²) in [6.07, 6.45) is 0.759. The molecule has 0 rings (SSSR count). The van der Waals surface area contributed by atoms with Crippen LogP contribution in [-0.2, 0) is 9.59 Å². The van der Waals surface area contributed by atoms with E-state index in [4.69, 9.17) is 0 Å². The summed E-state index contributed by atoms with van der Waals surface area (Å²) in [6.45, 7) is 7.30. The Morgan fingerprint density at radius 3 is 2.33 bits per heavy atom. The van der Waals surface area contributed by atoms with Crippen molar-refractivity contribution in [3.63, 3.8) is 0 Å². The van der Waals surface area contributed by atoms with Crippen LogP contribution in [0.15, 0.2) is 12.2 Å². The molecule has 0 aromatic heterocycles. The van der Waals surface area contributed by atoms with E-state index in [9.17, 15) is 9.59 Å². The van der Waals surface area contributed by atoms with Crippen molar-refractivity contribution in [1.29, 1.82) is 0 Å². The van der Waals surface area contributed by atoms with Gasteiger partial charge in [0.2, 0.25) is 0 Å². The van der Waals surface area contributed by atoms with E-state index in [0.717, 1.165) is 6.04 Å². The summed E-state index contributed by atoms with van der Waals surface area (Å²) in [6, 6.07) is 0.726. The standard InChI is InChI=1S/C9H16O2Si/c1-7(2)9(11)5-4-8(10)6-12-3/h1,4-6,12H2,2-3H3. The van der Waals surface area contributed by atoms with Crippen molar-refractivity contribution in [1.82, 2.24) is 0 Å². The van der Waals surface area contributed by atoms with Crippen molar-refractivity contribution in [2.24, 2.45) is 0 Å². The van der Waals surface area contributed by atoms with Gasteiger partial charge in [0.25, 0.3) is 0 Å². The largest absolute Gasteiger partial charge is 0.300 e. The third-order valence-corrected chi connectivity index (χ3v) is 2.69. The van der Waals surface area contributed by atoms with Gasteiger partial charge >= 0.3 is 0 Å². The fraction of sp³-hybridized carbons (Fsp3) is 0.556. The van der Waals surface area contributed by atoms with Crippen LogP contribution in [0.25, 0.3) is 0 Å². The van der Waals surface area contributed by atoms with Crippen molar-refractivity contribution in [2.45, 2.75) is 32.4 Å². The van der Waals surface area contributed by atoms with Crippen LogP contribution < -0.4 is 0 Å². The molecule has 0 aliphatic rings. The number of carbonyl (C=O) groups excluding carboxylic acids is 2. The van der Waals surface area contributed by atoms with Gasteiger partial charge in [0, 0.05) is 22.4 Å². The molecular formula is C9H16O2Si. The maximum absolute atomic E-state index is 11.0. The third-order valence-electron chi connectivity index (χ3n) is 1.64. The number of hydrogen-bond acceptors (Lipinski definition) is 2. The normalized spacial score (nSPS) is 10.5. The first-order valence-electron chi connectivity index (χ1n) is 4.28. The van der Waals surface area contributed by atoms with Crippen LogP contribution in [0.4, 0.5) is 0 Å². The van der Waals surface area contributed by atoms with E-state index in [1.807, 2.05) is 0 Å². The summed E-state index contributed by atoms with van der Waals surface area (Å²) in [4.78, 5) is 22.0. The Morgan fingerprint density at radius 1 is 1.33 bits per heavy atom. The maximum atomic E-state index is 11.0. The predicted molar refractivity (Wildman–Crippen MR) is 53.3 cm³/mol. The minimum Gasteiger partial charge on any atom is -0.300 e. The zero-order valence-electron chi connectivity index (χ0n) is 7.85. The van der Waals surface area contributed by atoms with Crippen molar-refractivity contribution in [3.8, 4) is 0 Å². The van der Waals surface area contributed by atoms with Gasteiger partial charge in [-0.15, -0.1) is 0 Å². The second-order valence-electron chi connectivity index (χ2n) is 2.99. The molecule has 0 aromatic rings. The highest BCUT2D eigenvalue weighted by Gasteiger charge is 2.06. The fourth-order valence-electron chi connectivity index (χ4n) is 0.870. The van der Waals surface area contributed by atoms with Crippen molar-refractivity contribution in [2.75, 3.05) is 0 Å². The summed E-state index contributed by atoms with van der Waals surface area (Å²) in [5, 5.41) is 0. The van der Waals surface area contributed by atoms with Gasteiger partial charge in [0.05, 0.1) is 0 Å². The van der Waals surface area contributed by atoms with E-state index in [0.29, 0.717) is 18.4 Å². The molecule has 0 N–H and O–H groups in total. The minimum atomic E-state index is -0.181. The summed E-state index contributed by atoms with van der Waals surface area (Å²) in [5.41, 5.74) is 0.552. The number of ketones is 2. The number of allylic oxidation sites excluding steroid dienone is 1. The molecule has 0 aliphatic carbocycles. The molecule has 68 valence electrons. The molecule has 0 saturated carbocycles. The summed E-state index contributed by atoms with van der Waals surface area (Å²) >= 11 is 0. The Bertz CT molecular complexity index is 197. The molecular weight excluding hydrogens is 168 g/mol. The lowest BCUT2D eigenvalue weighted by Crippen LogP contribution is -2.05. The van der Waals surface area contributed by atoms with Gasteiger partial charge in [-0.1, -0.05) is 13.1 Å². The molecule has 0 heterocycles. The van der Waals surface area contributed by atoms with Gasteiger partial charge in [-0.25, -0.2) is 0 Å². The molecule has 2 nitrogen and oxygen atoms in total. The first-order valence-corrected chi connectivity index (χ1v) is 6.69. The van der Waals surface area contributed by atoms with Crippen LogP contribution in [-0.4, -0.2) is 21.1 Å². The van der Waals surface area contributed by atoms with Crippen molar-refractivity contribution in [3.05, 3.63) is 12.2 Å². The van der Waals surface area contributed by atoms with Gasteiger partial charge in [0.1, 0.15) is 5.78 Å². The Kier molecular flexibility index (Phi) is 5.54.